The quantitative estimate of drug-likeness (QED) is 0.695. The summed E-state index contributed by atoms with van der Waals surface area (Å²) >= 11 is 0. The Morgan fingerprint density at radius 1 is 1.33 bits per heavy atom. The van der Waals surface area contributed by atoms with Gasteiger partial charge in [0.15, 0.2) is 0 Å². The lowest BCUT2D eigenvalue weighted by Crippen LogP contribution is -2.24. The summed E-state index contributed by atoms with van der Waals surface area (Å²) in [5, 5.41) is 12.8. The molecule has 0 spiro atoms. The molecule has 1 unspecified atom stereocenters. The zero-order valence-electron chi connectivity index (χ0n) is 11.8. The van der Waals surface area contributed by atoms with Gasteiger partial charge in [0.05, 0.1) is 6.10 Å². The summed E-state index contributed by atoms with van der Waals surface area (Å²) in [4.78, 5) is 2.22. The Morgan fingerprint density at radius 2 is 2.06 bits per heavy atom. The van der Waals surface area contributed by atoms with Crippen molar-refractivity contribution in [2.75, 3.05) is 25.0 Å². The Kier molecular flexibility index (Phi) is 6.76. The predicted molar refractivity (Wildman–Crippen MR) is 78.0 cm³/mol. The lowest BCUT2D eigenvalue weighted by molar-refractivity contribution is 0.187. The molecule has 1 aromatic carbocycles. The fraction of sp³-hybridized carbons (Fsp3) is 0.600. The second-order valence-electron chi connectivity index (χ2n) is 4.86. The number of nitrogens with one attached hydrogen (secondary N) is 1. The fourth-order valence-corrected chi connectivity index (χ4v) is 1.93. The van der Waals surface area contributed by atoms with E-state index < -0.39 is 0 Å². The molecule has 1 atom stereocenters. The molecule has 2 N–H and O–H groups in total. The highest BCUT2D eigenvalue weighted by atomic mass is 16.3. The zero-order valence-corrected chi connectivity index (χ0v) is 11.8. The first-order chi connectivity index (χ1) is 8.65. The van der Waals surface area contributed by atoms with Gasteiger partial charge in [0.1, 0.15) is 0 Å². The number of benzene rings is 1. The molecule has 0 aliphatic rings. The van der Waals surface area contributed by atoms with Crippen molar-refractivity contribution in [3.05, 3.63) is 29.8 Å². The van der Waals surface area contributed by atoms with Crippen LogP contribution in [0.5, 0.6) is 0 Å². The molecule has 1 aromatic rings. The molecule has 18 heavy (non-hydrogen) atoms. The van der Waals surface area contributed by atoms with Gasteiger partial charge in [0, 0.05) is 25.8 Å². The van der Waals surface area contributed by atoms with Crippen molar-refractivity contribution in [1.82, 2.24) is 5.32 Å². The van der Waals surface area contributed by atoms with E-state index in [1.807, 2.05) is 6.92 Å². The number of rotatable bonds is 8. The van der Waals surface area contributed by atoms with E-state index in [0.717, 1.165) is 32.5 Å². The van der Waals surface area contributed by atoms with Crippen molar-refractivity contribution in [2.24, 2.45) is 0 Å². The van der Waals surface area contributed by atoms with Crippen LogP contribution in [0.4, 0.5) is 5.69 Å². The molecular formula is C15H26N2O. The Labute approximate surface area is 111 Å². The highest BCUT2D eigenvalue weighted by Gasteiger charge is 2.07. The van der Waals surface area contributed by atoms with Crippen LogP contribution in [0.15, 0.2) is 24.3 Å². The summed E-state index contributed by atoms with van der Waals surface area (Å²) in [6, 6.07) is 8.45. The number of nitrogens with zero attached hydrogens (tertiary/aromatic N) is 1. The van der Waals surface area contributed by atoms with Crippen LogP contribution < -0.4 is 10.2 Å². The average Bonchev–Trinajstić information content (AvgIpc) is 2.37. The van der Waals surface area contributed by atoms with E-state index in [-0.39, 0.29) is 6.10 Å². The summed E-state index contributed by atoms with van der Waals surface area (Å²) in [5.74, 6) is 0. The molecule has 1 rings (SSSR count). The summed E-state index contributed by atoms with van der Waals surface area (Å²) in [7, 11) is 2.08. The van der Waals surface area contributed by atoms with Gasteiger partial charge < -0.3 is 15.3 Å². The number of anilines is 1. The van der Waals surface area contributed by atoms with Crippen molar-refractivity contribution >= 4 is 5.69 Å². The van der Waals surface area contributed by atoms with Crippen molar-refractivity contribution < 1.29 is 5.11 Å². The molecule has 0 aromatic heterocycles. The summed E-state index contributed by atoms with van der Waals surface area (Å²) < 4.78 is 0. The van der Waals surface area contributed by atoms with Gasteiger partial charge >= 0.3 is 0 Å². The molecule has 102 valence electrons. The maximum absolute atomic E-state index is 9.35. The third kappa shape index (κ3) is 5.07. The Morgan fingerprint density at radius 3 is 2.72 bits per heavy atom. The lowest BCUT2D eigenvalue weighted by atomic mass is 10.1. The molecule has 0 heterocycles. The largest absolute Gasteiger partial charge is 0.393 e. The van der Waals surface area contributed by atoms with Crippen molar-refractivity contribution in [3.63, 3.8) is 0 Å². The van der Waals surface area contributed by atoms with Crippen LogP contribution in [0, 0.1) is 0 Å². The second-order valence-corrected chi connectivity index (χ2v) is 4.86. The Balaban J connectivity index is 2.62. The topological polar surface area (TPSA) is 35.5 Å². The number of hydrogen-bond acceptors (Lipinski definition) is 3. The average molecular weight is 250 g/mol. The number of aliphatic hydroxyl groups excluding tert-OH is 1. The van der Waals surface area contributed by atoms with E-state index in [9.17, 15) is 5.11 Å². The molecule has 3 heteroatoms. The molecule has 0 saturated heterocycles. The lowest BCUT2D eigenvalue weighted by Gasteiger charge is -2.23. The molecule has 0 radical (unpaired) electrons. The highest BCUT2D eigenvalue weighted by Crippen LogP contribution is 2.19. The van der Waals surface area contributed by atoms with Crippen LogP contribution in [0.1, 0.15) is 32.3 Å². The van der Waals surface area contributed by atoms with Gasteiger partial charge in [-0.15, -0.1) is 0 Å². The van der Waals surface area contributed by atoms with E-state index in [1.54, 1.807) is 0 Å². The first kappa shape index (κ1) is 15.0. The van der Waals surface area contributed by atoms with Crippen LogP contribution in [0.3, 0.4) is 0 Å². The third-order valence-corrected chi connectivity index (χ3v) is 3.03. The predicted octanol–water partition coefficient (Wildman–Crippen LogP) is 2.39. The van der Waals surface area contributed by atoms with Crippen molar-refractivity contribution in [2.45, 2.75) is 39.3 Å². The number of para-hydroxylation sites is 1. The summed E-state index contributed by atoms with van der Waals surface area (Å²) in [6.45, 7) is 6.84. The van der Waals surface area contributed by atoms with Gasteiger partial charge in [-0.1, -0.05) is 25.1 Å². The van der Waals surface area contributed by atoms with Gasteiger partial charge in [0.25, 0.3) is 0 Å². The van der Waals surface area contributed by atoms with Crippen molar-refractivity contribution in [1.29, 1.82) is 0 Å². The molecular weight excluding hydrogens is 224 g/mol. The van der Waals surface area contributed by atoms with Gasteiger partial charge in [-0.3, -0.25) is 0 Å². The molecule has 0 bridgehead atoms. The number of aliphatic hydroxyl groups is 1. The molecule has 3 nitrogen and oxygen atoms in total. The SMILES string of the molecule is CCCNCc1ccccc1N(C)CCC(C)O. The summed E-state index contributed by atoms with van der Waals surface area (Å²) in [5.41, 5.74) is 2.57. The van der Waals surface area contributed by atoms with E-state index in [4.69, 9.17) is 0 Å². The minimum Gasteiger partial charge on any atom is -0.393 e. The molecule has 0 aliphatic carbocycles. The van der Waals surface area contributed by atoms with Crippen LogP contribution in [0.25, 0.3) is 0 Å². The van der Waals surface area contributed by atoms with Crippen LogP contribution in [0.2, 0.25) is 0 Å². The Hall–Kier alpha value is -1.06. The molecule has 0 amide bonds. The van der Waals surface area contributed by atoms with Crippen molar-refractivity contribution in [3.8, 4) is 0 Å². The maximum Gasteiger partial charge on any atom is 0.0528 e. The normalized spacial score (nSPS) is 12.4. The molecule has 0 aliphatic heterocycles. The van der Waals surface area contributed by atoms with E-state index in [0.29, 0.717) is 0 Å². The van der Waals surface area contributed by atoms with Gasteiger partial charge in [-0.2, -0.15) is 0 Å². The smallest absolute Gasteiger partial charge is 0.0528 e. The Bertz CT molecular complexity index is 339. The van der Waals surface area contributed by atoms with Crippen LogP contribution >= 0.6 is 0 Å². The summed E-state index contributed by atoms with van der Waals surface area (Å²) in [6.07, 6.45) is 1.71. The monoisotopic (exact) mass is 250 g/mol. The van der Waals surface area contributed by atoms with Crippen LogP contribution in [-0.2, 0) is 6.54 Å². The third-order valence-electron chi connectivity index (χ3n) is 3.03. The number of hydrogen-bond donors (Lipinski definition) is 2. The first-order valence-electron chi connectivity index (χ1n) is 6.83. The minimum atomic E-state index is -0.238. The van der Waals surface area contributed by atoms with Crippen LogP contribution in [-0.4, -0.2) is 31.3 Å². The van der Waals surface area contributed by atoms with Gasteiger partial charge in [0.2, 0.25) is 0 Å². The fourth-order valence-electron chi connectivity index (χ4n) is 1.93. The zero-order chi connectivity index (χ0) is 13.4. The first-order valence-corrected chi connectivity index (χ1v) is 6.83. The standard InChI is InChI=1S/C15H26N2O/c1-4-10-16-12-14-7-5-6-8-15(14)17(3)11-9-13(2)18/h5-8,13,16,18H,4,9-12H2,1-3H3. The van der Waals surface area contributed by atoms with E-state index in [2.05, 4.69) is 48.5 Å². The van der Waals surface area contributed by atoms with E-state index in [1.165, 1.54) is 11.3 Å². The van der Waals surface area contributed by atoms with E-state index >= 15 is 0 Å². The highest BCUT2D eigenvalue weighted by molar-refractivity contribution is 5.52. The van der Waals surface area contributed by atoms with Gasteiger partial charge in [-0.05, 0) is 37.9 Å². The van der Waals surface area contributed by atoms with Gasteiger partial charge in [-0.25, -0.2) is 0 Å². The molecule has 0 fully saturated rings. The maximum atomic E-state index is 9.35. The molecule has 0 saturated carbocycles. The second kappa shape index (κ2) is 8.11. The minimum absolute atomic E-state index is 0.238.